The summed E-state index contributed by atoms with van der Waals surface area (Å²) in [6, 6.07) is 0.861. The van der Waals surface area contributed by atoms with Gasteiger partial charge in [0.15, 0.2) is 0 Å². The Kier molecular flexibility index (Phi) is 4.80. The molecule has 2 fully saturated rings. The van der Waals surface area contributed by atoms with E-state index in [0.29, 0.717) is 24.4 Å². The first kappa shape index (κ1) is 12.8. The minimum atomic E-state index is 0.347. The number of nitrogens with one attached hydrogen (secondary N) is 2. The van der Waals surface area contributed by atoms with Crippen LogP contribution in [0.15, 0.2) is 0 Å². The molecule has 17 heavy (non-hydrogen) atoms. The van der Waals surface area contributed by atoms with Gasteiger partial charge in [-0.15, -0.1) is 0 Å². The normalized spacial score (nSPS) is 28.5. The molecule has 2 aliphatic heterocycles. The van der Waals surface area contributed by atoms with Crippen molar-refractivity contribution in [1.82, 2.24) is 15.5 Å². The Morgan fingerprint density at radius 1 is 1.35 bits per heavy atom. The van der Waals surface area contributed by atoms with Crippen LogP contribution in [0.25, 0.3) is 0 Å². The highest BCUT2D eigenvalue weighted by molar-refractivity contribution is 5.77. The molecular weight excluding hydrogens is 214 g/mol. The number of hydrogen-bond donors (Lipinski definition) is 2. The fourth-order valence-electron chi connectivity index (χ4n) is 2.92. The first-order valence-electron chi connectivity index (χ1n) is 7.05. The number of nitrogens with zero attached hydrogens (tertiary/aromatic N) is 1. The first-order valence-corrected chi connectivity index (χ1v) is 7.05. The zero-order chi connectivity index (χ0) is 12.1. The van der Waals surface area contributed by atoms with Gasteiger partial charge in [-0.25, -0.2) is 0 Å². The smallest absolute Gasteiger partial charge is 0.224 e. The van der Waals surface area contributed by atoms with E-state index in [9.17, 15) is 4.79 Å². The predicted octanol–water partition coefficient (Wildman–Crippen LogP) is 0.729. The molecule has 2 atom stereocenters. The quantitative estimate of drug-likeness (QED) is 0.743. The van der Waals surface area contributed by atoms with E-state index in [4.69, 9.17) is 0 Å². The summed E-state index contributed by atoms with van der Waals surface area (Å²) in [7, 11) is 0. The molecule has 0 bridgehead atoms. The van der Waals surface area contributed by atoms with Crippen molar-refractivity contribution in [3.05, 3.63) is 0 Å². The molecule has 0 spiro atoms. The molecule has 4 heteroatoms. The summed E-state index contributed by atoms with van der Waals surface area (Å²) in [5, 5.41) is 6.76. The monoisotopic (exact) mass is 239 g/mol. The van der Waals surface area contributed by atoms with Crippen molar-refractivity contribution in [3.63, 3.8) is 0 Å². The van der Waals surface area contributed by atoms with Crippen LogP contribution in [-0.2, 0) is 4.79 Å². The average Bonchev–Trinajstić information content (AvgIpc) is 2.97. The van der Waals surface area contributed by atoms with E-state index >= 15 is 0 Å². The standard InChI is InChI=1S/C13H25N3O/c1-2-8-16(12-5-7-14-10-12)13(17)9-11-4-3-6-15-11/h11-12,14-15H,2-10H2,1H3. The highest BCUT2D eigenvalue weighted by Crippen LogP contribution is 2.15. The molecule has 2 N–H and O–H groups in total. The minimum absolute atomic E-state index is 0.347. The second kappa shape index (κ2) is 6.36. The van der Waals surface area contributed by atoms with E-state index in [1.165, 1.54) is 6.42 Å². The van der Waals surface area contributed by atoms with Gasteiger partial charge in [0, 0.05) is 31.6 Å². The van der Waals surface area contributed by atoms with Gasteiger partial charge in [-0.1, -0.05) is 6.92 Å². The molecule has 0 aromatic rings. The average molecular weight is 239 g/mol. The molecule has 2 saturated heterocycles. The molecule has 2 aliphatic rings. The number of amides is 1. The van der Waals surface area contributed by atoms with E-state index in [1.54, 1.807) is 0 Å². The van der Waals surface area contributed by atoms with Crippen LogP contribution in [0.1, 0.15) is 39.0 Å². The molecule has 0 aromatic heterocycles. The summed E-state index contributed by atoms with van der Waals surface area (Å²) in [5.74, 6) is 0.347. The highest BCUT2D eigenvalue weighted by atomic mass is 16.2. The third kappa shape index (κ3) is 3.42. The number of hydrogen-bond acceptors (Lipinski definition) is 3. The van der Waals surface area contributed by atoms with Crippen molar-refractivity contribution in [2.24, 2.45) is 0 Å². The van der Waals surface area contributed by atoms with E-state index in [2.05, 4.69) is 22.5 Å². The molecule has 2 rings (SSSR count). The summed E-state index contributed by atoms with van der Waals surface area (Å²) in [4.78, 5) is 14.4. The Morgan fingerprint density at radius 2 is 2.24 bits per heavy atom. The van der Waals surface area contributed by atoms with Gasteiger partial charge in [0.1, 0.15) is 0 Å². The Morgan fingerprint density at radius 3 is 2.82 bits per heavy atom. The Labute approximate surface area is 104 Å². The number of carbonyl (C=O) groups is 1. The lowest BCUT2D eigenvalue weighted by Gasteiger charge is -2.29. The zero-order valence-electron chi connectivity index (χ0n) is 10.9. The lowest BCUT2D eigenvalue weighted by Crippen LogP contribution is -2.44. The van der Waals surface area contributed by atoms with Gasteiger partial charge in [0.25, 0.3) is 0 Å². The Balaban J connectivity index is 1.86. The van der Waals surface area contributed by atoms with E-state index in [-0.39, 0.29) is 0 Å². The van der Waals surface area contributed by atoms with Crippen molar-refractivity contribution in [3.8, 4) is 0 Å². The lowest BCUT2D eigenvalue weighted by molar-refractivity contribution is -0.133. The van der Waals surface area contributed by atoms with Gasteiger partial charge in [-0.2, -0.15) is 0 Å². The third-order valence-electron chi connectivity index (χ3n) is 3.84. The van der Waals surface area contributed by atoms with Crippen LogP contribution < -0.4 is 10.6 Å². The highest BCUT2D eigenvalue weighted by Gasteiger charge is 2.28. The topological polar surface area (TPSA) is 44.4 Å². The molecule has 0 radical (unpaired) electrons. The largest absolute Gasteiger partial charge is 0.338 e. The maximum atomic E-state index is 12.3. The summed E-state index contributed by atoms with van der Waals surface area (Å²) in [6.07, 6.45) is 5.24. The molecular formula is C13H25N3O. The van der Waals surface area contributed by atoms with Gasteiger partial charge >= 0.3 is 0 Å². The Bertz CT molecular complexity index is 245. The molecule has 0 aromatic carbocycles. The van der Waals surface area contributed by atoms with Crippen LogP contribution in [0.4, 0.5) is 0 Å². The maximum Gasteiger partial charge on any atom is 0.224 e. The van der Waals surface area contributed by atoms with Crippen LogP contribution in [0.3, 0.4) is 0 Å². The zero-order valence-corrected chi connectivity index (χ0v) is 10.9. The molecule has 1 amide bonds. The van der Waals surface area contributed by atoms with E-state index < -0.39 is 0 Å². The van der Waals surface area contributed by atoms with Gasteiger partial charge < -0.3 is 15.5 Å². The first-order chi connectivity index (χ1) is 8.31. The van der Waals surface area contributed by atoms with Crippen LogP contribution >= 0.6 is 0 Å². The molecule has 4 nitrogen and oxygen atoms in total. The lowest BCUT2D eigenvalue weighted by atomic mass is 10.1. The molecule has 0 aliphatic carbocycles. The van der Waals surface area contributed by atoms with Gasteiger partial charge in [-0.05, 0) is 38.8 Å². The van der Waals surface area contributed by atoms with Crippen LogP contribution in [0, 0.1) is 0 Å². The third-order valence-corrected chi connectivity index (χ3v) is 3.84. The second-order valence-corrected chi connectivity index (χ2v) is 5.23. The van der Waals surface area contributed by atoms with Gasteiger partial charge in [0.05, 0.1) is 0 Å². The van der Waals surface area contributed by atoms with Crippen LogP contribution in [0.2, 0.25) is 0 Å². The van der Waals surface area contributed by atoms with Crippen molar-refractivity contribution >= 4 is 5.91 Å². The summed E-state index contributed by atoms with van der Waals surface area (Å²) in [5.41, 5.74) is 0. The van der Waals surface area contributed by atoms with Gasteiger partial charge in [-0.3, -0.25) is 4.79 Å². The number of rotatable bonds is 5. The van der Waals surface area contributed by atoms with Crippen molar-refractivity contribution in [1.29, 1.82) is 0 Å². The minimum Gasteiger partial charge on any atom is -0.338 e. The van der Waals surface area contributed by atoms with Crippen molar-refractivity contribution in [2.75, 3.05) is 26.2 Å². The Hall–Kier alpha value is -0.610. The van der Waals surface area contributed by atoms with Crippen molar-refractivity contribution < 1.29 is 4.79 Å². The fraction of sp³-hybridized carbons (Fsp3) is 0.923. The van der Waals surface area contributed by atoms with Crippen LogP contribution in [-0.4, -0.2) is 49.1 Å². The number of carbonyl (C=O) groups excluding carboxylic acids is 1. The molecule has 2 heterocycles. The molecule has 0 saturated carbocycles. The van der Waals surface area contributed by atoms with E-state index in [1.807, 2.05) is 0 Å². The van der Waals surface area contributed by atoms with E-state index in [0.717, 1.165) is 45.4 Å². The maximum absolute atomic E-state index is 12.3. The molecule has 98 valence electrons. The summed E-state index contributed by atoms with van der Waals surface area (Å²) >= 11 is 0. The summed E-state index contributed by atoms with van der Waals surface area (Å²) in [6.45, 7) is 6.18. The molecule has 2 unspecified atom stereocenters. The predicted molar refractivity (Wildman–Crippen MR) is 68.9 cm³/mol. The fourth-order valence-corrected chi connectivity index (χ4v) is 2.92. The second-order valence-electron chi connectivity index (χ2n) is 5.23. The van der Waals surface area contributed by atoms with Gasteiger partial charge in [0.2, 0.25) is 5.91 Å². The summed E-state index contributed by atoms with van der Waals surface area (Å²) < 4.78 is 0. The van der Waals surface area contributed by atoms with Crippen molar-refractivity contribution in [2.45, 2.75) is 51.1 Å². The SMILES string of the molecule is CCCN(C(=O)CC1CCCN1)C1CCNC1. The van der Waals surface area contributed by atoms with Crippen LogP contribution in [0.5, 0.6) is 0 Å².